The van der Waals surface area contributed by atoms with Crippen molar-refractivity contribution in [3.8, 4) is 0 Å². The van der Waals surface area contributed by atoms with Crippen LogP contribution in [0.15, 0.2) is 30.3 Å². The summed E-state index contributed by atoms with van der Waals surface area (Å²) < 4.78 is 34.3. The van der Waals surface area contributed by atoms with E-state index in [0.717, 1.165) is 0 Å². The second-order valence-corrected chi connectivity index (χ2v) is 8.59. The van der Waals surface area contributed by atoms with Gasteiger partial charge in [0.2, 0.25) is 10.4 Å². The van der Waals surface area contributed by atoms with Crippen molar-refractivity contribution < 1.29 is 22.0 Å². The fraction of sp³-hybridized carbons (Fsp3) is 0.739. The molecule has 1 rings (SSSR count). The molecule has 0 radical (unpaired) electrons. The minimum Gasteiger partial charge on any atom is -0.726 e. The van der Waals surface area contributed by atoms with Crippen LogP contribution < -0.4 is 0 Å². The van der Waals surface area contributed by atoms with Gasteiger partial charge in [-0.1, -0.05) is 89.3 Å². The lowest BCUT2D eigenvalue weighted by molar-refractivity contribution is -0.929. The quantitative estimate of drug-likeness (QED) is 0.250. The first-order valence-corrected chi connectivity index (χ1v) is 12.6. The molecule has 6 heteroatoms. The zero-order valence-electron chi connectivity index (χ0n) is 19.4. The smallest absolute Gasteiger partial charge is 0.215 e. The van der Waals surface area contributed by atoms with Crippen molar-refractivity contribution >= 4 is 10.4 Å². The van der Waals surface area contributed by atoms with E-state index in [1.807, 2.05) is 18.2 Å². The van der Waals surface area contributed by atoms with Gasteiger partial charge < -0.3 is 9.04 Å². The van der Waals surface area contributed by atoms with Gasteiger partial charge in [0, 0.05) is 0 Å². The lowest BCUT2D eigenvalue weighted by Crippen LogP contribution is -2.50. The predicted octanol–water partition coefficient (Wildman–Crippen LogP) is 6.00. The predicted molar refractivity (Wildman–Crippen MR) is 123 cm³/mol. The maximum Gasteiger partial charge on any atom is 0.215 e. The molecule has 0 atom stereocenters. The Kier molecular flexibility index (Phi) is 19.9. The molecule has 0 saturated heterocycles. The highest BCUT2D eigenvalue weighted by atomic mass is 32.3. The highest BCUT2D eigenvalue weighted by molar-refractivity contribution is 7.79. The number of aryl methyl sites for hydroxylation is 1. The van der Waals surface area contributed by atoms with Crippen LogP contribution >= 0.6 is 0 Å². The number of nitrogens with zero attached hydrogens (tertiary/aromatic N) is 1. The summed E-state index contributed by atoms with van der Waals surface area (Å²) in [5.41, 5.74) is 1.32. The van der Waals surface area contributed by atoms with Crippen LogP contribution in [0, 0.1) is 6.92 Å². The fourth-order valence-corrected chi connectivity index (χ4v) is 3.18. The summed E-state index contributed by atoms with van der Waals surface area (Å²) in [6.45, 7) is 17.1. The maximum atomic E-state index is 8.63. The van der Waals surface area contributed by atoms with Crippen LogP contribution in [0.4, 0.5) is 0 Å². The number of benzene rings is 1. The van der Waals surface area contributed by atoms with Crippen molar-refractivity contribution in [3.63, 3.8) is 0 Å². The van der Waals surface area contributed by atoms with E-state index in [1.54, 1.807) is 0 Å². The summed E-state index contributed by atoms with van der Waals surface area (Å²) in [6.07, 6.45) is 11.1. The van der Waals surface area contributed by atoms with Crippen LogP contribution in [-0.2, 0) is 10.4 Å². The van der Waals surface area contributed by atoms with Gasteiger partial charge in [-0.3, -0.25) is 4.55 Å². The third-order valence-electron chi connectivity index (χ3n) is 4.88. The SMILES string of the molecule is CCCC[N+](CCCC)(CCCC)CCCC.Cc1ccccc1.O=S(=O)([O-])O. The lowest BCUT2D eigenvalue weighted by Gasteiger charge is -2.39. The van der Waals surface area contributed by atoms with Crippen LogP contribution in [0.5, 0.6) is 0 Å². The Morgan fingerprint density at radius 1 is 0.759 bits per heavy atom. The Balaban J connectivity index is 0. The van der Waals surface area contributed by atoms with E-state index in [1.165, 1.54) is 87.6 Å². The maximum absolute atomic E-state index is 8.63. The number of hydrogen-bond acceptors (Lipinski definition) is 3. The molecule has 0 aliphatic heterocycles. The van der Waals surface area contributed by atoms with Gasteiger partial charge in [-0.15, -0.1) is 0 Å². The van der Waals surface area contributed by atoms with Gasteiger partial charge in [0.25, 0.3) is 0 Å². The van der Waals surface area contributed by atoms with Crippen LogP contribution in [0.3, 0.4) is 0 Å². The van der Waals surface area contributed by atoms with Crippen molar-refractivity contribution in [2.24, 2.45) is 0 Å². The molecule has 0 aliphatic carbocycles. The third-order valence-corrected chi connectivity index (χ3v) is 4.88. The minimum absolute atomic E-state index is 1.32. The molecule has 0 heterocycles. The van der Waals surface area contributed by atoms with Crippen molar-refractivity contribution in [3.05, 3.63) is 35.9 Å². The molecule has 0 spiro atoms. The molecule has 1 N–H and O–H groups in total. The molecule has 0 unspecified atom stereocenters. The van der Waals surface area contributed by atoms with E-state index >= 15 is 0 Å². The van der Waals surface area contributed by atoms with Crippen LogP contribution in [-0.4, -0.2) is 48.2 Å². The average molecular weight is 432 g/mol. The zero-order valence-corrected chi connectivity index (χ0v) is 20.2. The Hall–Kier alpha value is -0.950. The zero-order chi connectivity index (χ0) is 22.6. The summed E-state index contributed by atoms with van der Waals surface area (Å²) >= 11 is 0. The summed E-state index contributed by atoms with van der Waals surface area (Å²) in [5.74, 6) is 0. The highest BCUT2D eigenvalue weighted by Crippen LogP contribution is 2.16. The molecule has 172 valence electrons. The highest BCUT2D eigenvalue weighted by Gasteiger charge is 2.24. The van der Waals surface area contributed by atoms with Crippen LogP contribution in [0.25, 0.3) is 0 Å². The van der Waals surface area contributed by atoms with Crippen molar-refractivity contribution in [1.29, 1.82) is 0 Å². The monoisotopic (exact) mass is 431 g/mol. The molecule has 0 bridgehead atoms. The van der Waals surface area contributed by atoms with E-state index in [2.05, 4.69) is 46.8 Å². The van der Waals surface area contributed by atoms with Crippen molar-refractivity contribution in [2.45, 2.75) is 86.0 Å². The van der Waals surface area contributed by atoms with Gasteiger partial charge in [0.05, 0.1) is 26.2 Å². The Labute approximate surface area is 180 Å². The molecular weight excluding hydrogens is 386 g/mol. The molecule has 1 aromatic rings. The third kappa shape index (κ3) is 23.2. The van der Waals surface area contributed by atoms with Gasteiger partial charge in [-0.2, -0.15) is 0 Å². The molecule has 0 aromatic heterocycles. The number of quaternary nitrogens is 1. The average Bonchev–Trinajstić information content (AvgIpc) is 2.67. The van der Waals surface area contributed by atoms with E-state index < -0.39 is 10.4 Å². The van der Waals surface area contributed by atoms with Gasteiger partial charge in [-0.25, -0.2) is 8.42 Å². The summed E-state index contributed by atoms with van der Waals surface area (Å²) in [7, 11) is -4.92. The summed E-state index contributed by atoms with van der Waals surface area (Å²) in [4.78, 5) is 0. The summed E-state index contributed by atoms with van der Waals surface area (Å²) in [5, 5.41) is 0. The van der Waals surface area contributed by atoms with E-state index in [-0.39, 0.29) is 0 Å². The molecular formula is C23H45NO4S. The van der Waals surface area contributed by atoms with Gasteiger partial charge in [0.15, 0.2) is 0 Å². The van der Waals surface area contributed by atoms with Gasteiger partial charge in [0.1, 0.15) is 0 Å². The summed E-state index contributed by atoms with van der Waals surface area (Å²) in [6, 6.07) is 10.3. The molecule has 5 nitrogen and oxygen atoms in total. The normalized spacial score (nSPS) is 11.1. The lowest BCUT2D eigenvalue weighted by atomic mass is 10.1. The molecule has 0 amide bonds. The molecule has 0 fully saturated rings. The van der Waals surface area contributed by atoms with Gasteiger partial charge in [-0.05, 0) is 32.6 Å². The molecule has 1 aromatic carbocycles. The number of unbranched alkanes of at least 4 members (excludes halogenated alkanes) is 4. The van der Waals surface area contributed by atoms with Crippen molar-refractivity contribution in [1.82, 2.24) is 0 Å². The van der Waals surface area contributed by atoms with E-state index in [9.17, 15) is 0 Å². The first kappa shape index (κ1) is 30.2. The Bertz CT molecular complexity index is 516. The van der Waals surface area contributed by atoms with Gasteiger partial charge >= 0.3 is 0 Å². The van der Waals surface area contributed by atoms with Crippen molar-refractivity contribution in [2.75, 3.05) is 26.2 Å². The Morgan fingerprint density at radius 2 is 1.03 bits per heavy atom. The number of rotatable bonds is 12. The Morgan fingerprint density at radius 3 is 1.21 bits per heavy atom. The molecule has 0 saturated carbocycles. The van der Waals surface area contributed by atoms with Crippen LogP contribution in [0.1, 0.15) is 84.6 Å². The standard InChI is InChI=1S/C16H36N.C7H8.H2O4S/c1-5-9-13-17(14-10-6-2,15-11-7-3)16-12-8-4;1-7-5-3-2-4-6-7;1-5(2,3)4/h5-16H2,1-4H3;2-6H,1H3;(H2,1,2,3,4)/q+1;;/p-1. The van der Waals surface area contributed by atoms with E-state index in [4.69, 9.17) is 17.5 Å². The van der Waals surface area contributed by atoms with E-state index in [0.29, 0.717) is 0 Å². The topological polar surface area (TPSA) is 77.4 Å². The number of hydrogen-bond donors (Lipinski definition) is 1. The largest absolute Gasteiger partial charge is 0.726 e. The molecule has 29 heavy (non-hydrogen) atoms. The second-order valence-electron chi connectivity index (χ2n) is 7.73. The minimum atomic E-state index is -4.92. The molecule has 0 aliphatic rings. The first-order valence-electron chi connectivity index (χ1n) is 11.2. The van der Waals surface area contributed by atoms with Crippen LogP contribution in [0.2, 0.25) is 0 Å². The fourth-order valence-electron chi connectivity index (χ4n) is 3.18. The first-order chi connectivity index (χ1) is 13.6. The second kappa shape index (κ2) is 19.0.